The van der Waals surface area contributed by atoms with Crippen LogP contribution in [-0.2, 0) is 10.3 Å². The van der Waals surface area contributed by atoms with Crippen molar-refractivity contribution in [3.8, 4) is 0 Å². The number of carbonyl (C=O) groups is 1. The Morgan fingerprint density at radius 2 is 2.13 bits per heavy atom. The molecule has 1 aliphatic rings. The highest BCUT2D eigenvalue weighted by molar-refractivity contribution is 6.03. The third-order valence-corrected chi connectivity index (χ3v) is 5.15. The van der Waals surface area contributed by atoms with Crippen molar-refractivity contribution in [1.29, 1.82) is 0 Å². The van der Waals surface area contributed by atoms with Gasteiger partial charge in [-0.3, -0.25) is 19.2 Å². The molecule has 1 aromatic carbocycles. The number of halogens is 3. The van der Waals surface area contributed by atoms with Crippen LogP contribution in [0.5, 0.6) is 0 Å². The number of anilines is 1. The highest BCUT2D eigenvalue weighted by Gasteiger charge is 2.49. The van der Waals surface area contributed by atoms with Crippen LogP contribution in [0.1, 0.15) is 28.5 Å². The van der Waals surface area contributed by atoms with E-state index < -0.39 is 42.6 Å². The quantitative estimate of drug-likeness (QED) is 0.684. The van der Waals surface area contributed by atoms with Crippen molar-refractivity contribution in [2.24, 2.45) is 21.6 Å². The molecule has 0 spiro atoms. The second-order valence-electron chi connectivity index (χ2n) is 7.10. The Morgan fingerprint density at radius 3 is 2.74 bits per heavy atom. The smallest absolute Gasteiger partial charge is 0.283 e. The molecule has 1 aromatic heterocycles. The molecular formula is C21H22F3N5O2. The first-order chi connectivity index (χ1) is 14.8. The van der Waals surface area contributed by atoms with Gasteiger partial charge in [0.15, 0.2) is 0 Å². The van der Waals surface area contributed by atoms with Gasteiger partial charge in [-0.05, 0) is 37.3 Å². The summed E-state index contributed by atoms with van der Waals surface area (Å²) >= 11 is 0. The van der Waals surface area contributed by atoms with Gasteiger partial charge in [-0.2, -0.15) is 0 Å². The average Bonchev–Trinajstić information content (AvgIpc) is 2.75. The number of nitrogens with zero attached hydrogens (tertiary/aromatic N) is 3. The number of hydrogen-bond acceptors (Lipinski definition) is 6. The van der Waals surface area contributed by atoms with Crippen LogP contribution in [0.2, 0.25) is 0 Å². The lowest BCUT2D eigenvalue weighted by molar-refractivity contribution is 0.0242. The van der Waals surface area contributed by atoms with Crippen LogP contribution in [-0.4, -0.2) is 49.6 Å². The molecule has 1 amide bonds. The van der Waals surface area contributed by atoms with Crippen molar-refractivity contribution in [2.45, 2.75) is 18.6 Å². The van der Waals surface area contributed by atoms with E-state index in [9.17, 15) is 18.0 Å². The van der Waals surface area contributed by atoms with Crippen molar-refractivity contribution < 1.29 is 22.7 Å². The molecule has 10 heteroatoms. The van der Waals surface area contributed by atoms with Crippen LogP contribution in [0.3, 0.4) is 0 Å². The first kappa shape index (κ1) is 22.3. The molecule has 0 unspecified atom stereocenters. The summed E-state index contributed by atoms with van der Waals surface area (Å²) in [6, 6.07) is 6.39. The van der Waals surface area contributed by atoms with E-state index in [0.717, 1.165) is 6.07 Å². The fraction of sp³-hybridized carbons (Fsp3) is 0.333. The molecule has 2 heterocycles. The third kappa shape index (κ3) is 4.37. The first-order valence-corrected chi connectivity index (χ1v) is 9.48. The zero-order chi connectivity index (χ0) is 22.6. The van der Waals surface area contributed by atoms with Gasteiger partial charge in [-0.15, -0.1) is 0 Å². The van der Waals surface area contributed by atoms with Gasteiger partial charge in [0.25, 0.3) is 11.9 Å². The van der Waals surface area contributed by atoms with Crippen LogP contribution in [0, 0.1) is 11.7 Å². The Bertz CT molecular complexity index is 1010. The molecule has 0 saturated heterocycles. The van der Waals surface area contributed by atoms with Gasteiger partial charge in [0, 0.05) is 36.3 Å². The van der Waals surface area contributed by atoms with Gasteiger partial charge in [-0.1, -0.05) is 0 Å². The van der Waals surface area contributed by atoms with Gasteiger partial charge >= 0.3 is 0 Å². The molecule has 2 aromatic rings. The zero-order valence-corrected chi connectivity index (χ0v) is 17.0. The predicted molar refractivity (Wildman–Crippen MR) is 111 cm³/mol. The van der Waals surface area contributed by atoms with E-state index in [0.29, 0.717) is 5.56 Å². The average molecular weight is 433 g/mol. The summed E-state index contributed by atoms with van der Waals surface area (Å²) < 4.78 is 48.0. The molecule has 3 N–H and O–H groups in total. The number of aliphatic imine (C=N–C) groups is 2. The Kier molecular flexibility index (Phi) is 6.57. The van der Waals surface area contributed by atoms with Gasteiger partial charge in [-0.25, -0.2) is 13.8 Å². The molecule has 0 bridgehead atoms. The lowest BCUT2D eigenvalue weighted by atomic mass is 9.76. The van der Waals surface area contributed by atoms with E-state index >= 15 is 0 Å². The van der Waals surface area contributed by atoms with Gasteiger partial charge < -0.3 is 15.8 Å². The highest BCUT2D eigenvalue weighted by atomic mass is 19.1. The summed E-state index contributed by atoms with van der Waals surface area (Å²) in [6.07, 6.45) is 2.23. The normalized spacial score (nSPS) is 23.3. The topological polar surface area (TPSA) is 102 Å². The molecule has 0 saturated carbocycles. The molecule has 0 fully saturated rings. The number of aromatic nitrogens is 1. The SMILES string of the molecule is CN=Cc1ccc(C(=O)Nc2ccc(F)c([C@@]3(CF)N=C(N)O[C@H](C)[C@@H]3CF)c2)nc1. The minimum absolute atomic E-state index is 0.114. The van der Waals surface area contributed by atoms with Gasteiger partial charge in [0.1, 0.15) is 29.8 Å². The van der Waals surface area contributed by atoms with Gasteiger partial charge in [0.05, 0.1) is 12.6 Å². The molecule has 7 nitrogen and oxygen atoms in total. The number of pyridine rings is 1. The second kappa shape index (κ2) is 9.15. The van der Waals surface area contributed by atoms with E-state index in [1.54, 1.807) is 19.3 Å². The summed E-state index contributed by atoms with van der Waals surface area (Å²) in [5, 5.41) is 2.58. The highest BCUT2D eigenvalue weighted by Crippen LogP contribution is 2.42. The Hall–Kier alpha value is -3.43. The standard InChI is InChI=1S/C21H22F3N5O2/c1-12-16(8-22)21(11-23,29-20(25)31-12)15-7-14(4-5-17(15)24)28-19(30)18-6-3-13(9-26-2)10-27-18/h3-7,9-10,12,16H,8,11H2,1-2H3,(H2,25,29)(H,28,30)/t12-,16+,21-/m1/s1. The monoisotopic (exact) mass is 433 g/mol. The number of alkyl halides is 2. The summed E-state index contributed by atoms with van der Waals surface area (Å²) in [5.74, 6) is -2.47. The Balaban J connectivity index is 1.95. The maximum absolute atomic E-state index is 14.7. The number of amidine groups is 1. The number of hydrogen-bond donors (Lipinski definition) is 2. The molecule has 3 atom stereocenters. The number of rotatable bonds is 6. The van der Waals surface area contributed by atoms with Gasteiger partial charge in [0.2, 0.25) is 0 Å². The number of ether oxygens (including phenoxy) is 1. The van der Waals surface area contributed by atoms with Crippen LogP contribution >= 0.6 is 0 Å². The van der Waals surface area contributed by atoms with Crippen molar-refractivity contribution in [3.05, 3.63) is 59.2 Å². The largest absolute Gasteiger partial charge is 0.462 e. The van der Waals surface area contributed by atoms with E-state index in [2.05, 4.69) is 20.3 Å². The maximum Gasteiger partial charge on any atom is 0.283 e. The van der Waals surface area contributed by atoms with Crippen LogP contribution in [0.15, 0.2) is 46.5 Å². The number of nitrogens with two attached hydrogens (primary N) is 1. The Labute approximate surface area is 177 Å². The molecule has 164 valence electrons. The van der Waals surface area contributed by atoms with E-state index in [-0.39, 0.29) is 23.0 Å². The first-order valence-electron chi connectivity index (χ1n) is 9.48. The lowest BCUT2D eigenvalue weighted by Crippen LogP contribution is -2.50. The minimum Gasteiger partial charge on any atom is -0.462 e. The lowest BCUT2D eigenvalue weighted by Gasteiger charge is -2.41. The van der Waals surface area contributed by atoms with Crippen molar-refractivity contribution in [2.75, 3.05) is 25.7 Å². The fourth-order valence-corrected chi connectivity index (χ4v) is 3.58. The van der Waals surface area contributed by atoms with Crippen molar-refractivity contribution >= 4 is 23.8 Å². The van der Waals surface area contributed by atoms with E-state index in [4.69, 9.17) is 10.5 Å². The van der Waals surface area contributed by atoms with Crippen molar-refractivity contribution in [3.63, 3.8) is 0 Å². The van der Waals surface area contributed by atoms with Crippen molar-refractivity contribution in [1.82, 2.24) is 4.98 Å². The maximum atomic E-state index is 14.7. The van der Waals surface area contributed by atoms with E-state index in [1.807, 2.05) is 0 Å². The number of amides is 1. The van der Waals surface area contributed by atoms with E-state index in [1.165, 1.54) is 31.3 Å². The molecule has 31 heavy (non-hydrogen) atoms. The fourth-order valence-electron chi connectivity index (χ4n) is 3.58. The molecule has 1 aliphatic heterocycles. The molecule has 0 aliphatic carbocycles. The van der Waals surface area contributed by atoms with Crippen LogP contribution in [0.25, 0.3) is 0 Å². The molecule has 3 rings (SSSR count). The second-order valence-corrected chi connectivity index (χ2v) is 7.10. The van der Waals surface area contributed by atoms with Crippen LogP contribution < -0.4 is 11.1 Å². The number of carbonyl (C=O) groups excluding carboxylic acids is 1. The Morgan fingerprint density at radius 1 is 1.35 bits per heavy atom. The predicted octanol–water partition coefficient (Wildman–Crippen LogP) is 3.01. The van der Waals surface area contributed by atoms with Crippen LogP contribution in [0.4, 0.5) is 18.9 Å². The zero-order valence-electron chi connectivity index (χ0n) is 17.0. The third-order valence-electron chi connectivity index (χ3n) is 5.15. The molecule has 0 radical (unpaired) electrons. The number of nitrogens with one attached hydrogen (secondary N) is 1. The summed E-state index contributed by atoms with van der Waals surface area (Å²) in [5.41, 5.74) is 4.49. The summed E-state index contributed by atoms with van der Waals surface area (Å²) in [4.78, 5) is 24.4. The number of benzene rings is 1. The molecular weight excluding hydrogens is 411 g/mol. The summed E-state index contributed by atoms with van der Waals surface area (Å²) in [6.45, 7) is -0.695. The summed E-state index contributed by atoms with van der Waals surface area (Å²) in [7, 11) is 1.61. The minimum atomic E-state index is -1.92.